The molecule has 2 atom stereocenters. The molecule has 0 aliphatic carbocycles. The minimum absolute atomic E-state index is 0.0206. The molecule has 4 rings (SSSR count). The number of ketones is 1. The predicted octanol–water partition coefficient (Wildman–Crippen LogP) is 6.92. The highest BCUT2D eigenvalue weighted by Gasteiger charge is 2.41. The van der Waals surface area contributed by atoms with Gasteiger partial charge in [0.1, 0.15) is 11.5 Å². The van der Waals surface area contributed by atoms with E-state index in [2.05, 4.69) is 0 Å². The number of benzene rings is 3. The second-order valence-electron chi connectivity index (χ2n) is 11.1. The van der Waals surface area contributed by atoms with Crippen molar-refractivity contribution in [1.82, 2.24) is 4.90 Å². The van der Waals surface area contributed by atoms with Crippen molar-refractivity contribution in [3.8, 4) is 11.5 Å². The standard InChI is InChI=1S/C34H39NO6S/c1-7-39-32(37)34(4,5)41-31-22(2)17-24(18-23(31)3)19-26-20-35(33(38)40-27-11-9-8-10-12-27)21-29(26)30(36)25-13-15-28(42-6)16-14-25/h8-18,26,29H,7,19-21H2,1-6H3/t26-,29-/m1/s1. The topological polar surface area (TPSA) is 82.1 Å². The highest BCUT2D eigenvalue weighted by atomic mass is 32.2. The van der Waals surface area contributed by atoms with Crippen molar-refractivity contribution in [3.63, 3.8) is 0 Å². The van der Waals surface area contributed by atoms with Crippen LogP contribution in [-0.2, 0) is 16.0 Å². The van der Waals surface area contributed by atoms with Crippen LogP contribution in [0.5, 0.6) is 11.5 Å². The Kier molecular flexibility index (Phi) is 9.99. The largest absolute Gasteiger partial charge is 0.476 e. The van der Waals surface area contributed by atoms with Crippen LogP contribution >= 0.6 is 11.8 Å². The second-order valence-corrected chi connectivity index (χ2v) is 12.0. The molecule has 0 N–H and O–H groups in total. The summed E-state index contributed by atoms with van der Waals surface area (Å²) in [5, 5.41) is 0. The number of thioether (sulfide) groups is 1. The molecule has 0 radical (unpaired) electrons. The van der Waals surface area contributed by atoms with Gasteiger partial charge in [0.05, 0.1) is 6.61 Å². The molecule has 1 amide bonds. The smallest absolute Gasteiger partial charge is 0.415 e. The molecular formula is C34H39NO6S. The number of hydrogen-bond donors (Lipinski definition) is 0. The average Bonchev–Trinajstić information content (AvgIpc) is 3.39. The number of ether oxygens (including phenoxy) is 3. The van der Waals surface area contributed by atoms with Gasteiger partial charge in [-0.2, -0.15) is 0 Å². The fraction of sp³-hybridized carbons (Fsp3) is 0.382. The van der Waals surface area contributed by atoms with Gasteiger partial charge in [-0.15, -0.1) is 11.8 Å². The molecule has 1 heterocycles. The molecule has 0 spiro atoms. The van der Waals surface area contributed by atoms with Crippen molar-refractivity contribution in [3.05, 3.63) is 89.0 Å². The molecule has 222 valence electrons. The van der Waals surface area contributed by atoms with Gasteiger partial charge in [0.15, 0.2) is 11.4 Å². The van der Waals surface area contributed by atoms with E-state index >= 15 is 0 Å². The minimum atomic E-state index is -1.14. The maximum atomic E-state index is 13.8. The molecule has 7 nitrogen and oxygen atoms in total. The molecule has 1 aliphatic rings. The van der Waals surface area contributed by atoms with Gasteiger partial charge in [-0.25, -0.2) is 9.59 Å². The number of rotatable bonds is 10. The van der Waals surface area contributed by atoms with E-state index in [0.717, 1.165) is 21.6 Å². The normalized spacial score (nSPS) is 16.7. The summed E-state index contributed by atoms with van der Waals surface area (Å²) in [5.41, 5.74) is 2.30. The molecule has 8 heteroatoms. The van der Waals surface area contributed by atoms with Crippen molar-refractivity contribution in [2.45, 2.75) is 51.5 Å². The lowest BCUT2D eigenvalue weighted by molar-refractivity contribution is -0.158. The molecule has 0 unspecified atom stereocenters. The maximum absolute atomic E-state index is 13.8. The van der Waals surface area contributed by atoms with Gasteiger partial charge in [-0.05, 0) is 94.2 Å². The number of carbonyl (C=O) groups excluding carboxylic acids is 3. The zero-order valence-corrected chi connectivity index (χ0v) is 26.0. The Bertz CT molecular complexity index is 1400. The average molecular weight is 590 g/mol. The molecule has 0 bridgehead atoms. The van der Waals surface area contributed by atoms with Crippen LogP contribution in [-0.4, -0.2) is 54.3 Å². The fourth-order valence-electron chi connectivity index (χ4n) is 5.37. The van der Waals surface area contributed by atoms with Gasteiger partial charge < -0.3 is 19.1 Å². The Morgan fingerprint density at radius 2 is 1.60 bits per heavy atom. The van der Waals surface area contributed by atoms with Crippen molar-refractivity contribution in [2.75, 3.05) is 26.0 Å². The number of esters is 1. The molecule has 1 saturated heterocycles. The van der Waals surface area contributed by atoms with E-state index in [-0.39, 0.29) is 30.8 Å². The maximum Gasteiger partial charge on any atom is 0.415 e. The molecule has 1 fully saturated rings. The van der Waals surface area contributed by atoms with Gasteiger partial charge in [-0.1, -0.05) is 42.5 Å². The summed E-state index contributed by atoms with van der Waals surface area (Å²) in [4.78, 5) is 42.0. The van der Waals surface area contributed by atoms with Crippen LogP contribution in [0.2, 0.25) is 0 Å². The summed E-state index contributed by atoms with van der Waals surface area (Å²) >= 11 is 1.62. The highest BCUT2D eigenvalue weighted by Crippen LogP contribution is 2.34. The number of Topliss-reactive ketones (excluding diaryl/α,β-unsaturated/α-hetero) is 1. The van der Waals surface area contributed by atoms with Gasteiger partial charge in [0.2, 0.25) is 0 Å². The number of carbonyl (C=O) groups is 3. The number of nitrogens with zero attached hydrogens (tertiary/aromatic N) is 1. The lowest BCUT2D eigenvalue weighted by Crippen LogP contribution is -2.40. The van der Waals surface area contributed by atoms with Crippen LogP contribution in [0.25, 0.3) is 0 Å². The Balaban J connectivity index is 1.57. The summed E-state index contributed by atoms with van der Waals surface area (Å²) in [5.74, 6) is 0.211. The number of para-hydroxylation sites is 1. The lowest BCUT2D eigenvalue weighted by atomic mass is 9.84. The monoisotopic (exact) mass is 589 g/mol. The van der Waals surface area contributed by atoms with Gasteiger partial charge in [-0.3, -0.25) is 4.79 Å². The Hall–Kier alpha value is -3.78. The van der Waals surface area contributed by atoms with Crippen LogP contribution in [0.1, 0.15) is 47.8 Å². The van der Waals surface area contributed by atoms with E-state index in [1.165, 1.54) is 0 Å². The van der Waals surface area contributed by atoms with Crippen molar-refractivity contribution in [2.24, 2.45) is 11.8 Å². The van der Waals surface area contributed by atoms with Crippen LogP contribution in [0.4, 0.5) is 4.79 Å². The van der Waals surface area contributed by atoms with Crippen molar-refractivity contribution >= 4 is 29.6 Å². The van der Waals surface area contributed by atoms with Gasteiger partial charge in [0, 0.05) is 29.5 Å². The highest BCUT2D eigenvalue weighted by molar-refractivity contribution is 7.98. The summed E-state index contributed by atoms with van der Waals surface area (Å²) < 4.78 is 16.9. The Morgan fingerprint density at radius 3 is 2.19 bits per heavy atom. The van der Waals surface area contributed by atoms with E-state index in [1.54, 1.807) is 49.6 Å². The zero-order chi connectivity index (χ0) is 30.4. The quantitative estimate of drug-likeness (QED) is 0.144. The van der Waals surface area contributed by atoms with E-state index in [9.17, 15) is 14.4 Å². The lowest BCUT2D eigenvalue weighted by Gasteiger charge is -2.27. The molecule has 42 heavy (non-hydrogen) atoms. The molecule has 3 aromatic rings. The molecule has 0 aromatic heterocycles. The zero-order valence-electron chi connectivity index (χ0n) is 25.1. The molecule has 3 aromatic carbocycles. The molecule has 1 aliphatic heterocycles. The van der Waals surface area contributed by atoms with Crippen LogP contribution in [0.15, 0.2) is 71.6 Å². The summed E-state index contributed by atoms with van der Waals surface area (Å²) in [7, 11) is 0. The van der Waals surface area contributed by atoms with E-state index in [4.69, 9.17) is 14.2 Å². The Morgan fingerprint density at radius 1 is 0.952 bits per heavy atom. The first kappa shape index (κ1) is 31.2. The SMILES string of the molecule is CCOC(=O)C(C)(C)Oc1c(C)cc(C[C@@H]2CN(C(=O)Oc3ccccc3)C[C@H]2C(=O)c2ccc(SC)cc2)cc1C. The van der Waals surface area contributed by atoms with E-state index in [1.807, 2.05) is 74.7 Å². The van der Waals surface area contributed by atoms with Crippen LogP contribution < -0.4 is 9.47 Å². The van der Waals surface area contributed by atoms with Crippen molar-refractivity contribution in [1.29, 1.82) is 0 Å². The second kappa shape index (κ2) is 13.5. The first-order valence-corrected chi connectivity index (χ1v) is 15.4. The third kappa shape index (κ3) is 7.34. The minimum Gasteiger partial charge on any atom is -0.476 e. The van der Waals surface area contributed by atoms with Crippen LogP contribution in [0.3, 0.4) is 0 Å². The Labute approximate surface area is 252 Å². The van der Waals surface area contributed by atoms with Crippen molar-refractivity contribution < 1.29 is 28.6 Å². The fourth-order valence-corrected chi connectivity index (χ4v) is 5.78. The third-order valence-electron chi connectivity index (χ3n) is 7.50. The van der Waals surface area contributed by atoms with E-state index in [0.29, 0.717) is 30.0 Å². The third-order valence-corrected chi connectivity index (χ3v) is 8.24. The van der Waals surface area contributed by atoms with Crippen LogP contribution in [0, 0.1) is 25.7 Å². The summed E-state index contributed by atoms with van der Waals surface area (Å²) in [6.45, 7) is 10.0. The predicted molar refractivity (Wildman–Crippen MR) is 165 cm³/mol. The summed E-state index contributed by atoms with van der Waals surface area (Å²) in [6.07, 6.45) is 2.13. The van der Waals surface area contributed by atoms with Gasteiger partial charge >= 0.3 is 12.1 Å². The number of hydrogen-bond acceptors (Lipinski definition) is 7. The summed E-state index contributed by atoms with van der Waals surface area (Å²) in [6, 6.07) is 20.6. The number of aryl methyl sites for hydroxylation is 2. The molecular weight excluding hydrogens is 550 g/mol. The van der Waals surface area contributed by atoms with E-state index < -0.39 is 17.7 Å². The first-order valence-electron chi connectivity index (χ1n) is 14.2. The first-order chi connectivity index (χ1) is 20.0. The molecule has 0 saturated carbocycles. The number of amides is 1. The van der Waals surface area contributed by atoms with Gasteiger partial charge in [0.25, 0.3) is 0 Å². The number of likely N-dealkylation sites (tertiary alicyclic amines) is 1.